The fraction of sp³-hybridized carbons (Fsp3) is 0.231. The van der Waals surface area contributed by atoms with E-state index in [9.17, 15) is 8.42 Å². The van der Waals surface area contributed by atoms with E-state index in [0.29, 0.717) is 28.8 Å². The zero-order valence-electron chi connectivity index (χ0n) is 11.6. The second-order valence-corrected chi connectivity index (χ2v) is 6.43. The third-order valence-electron chi connectivity index (χ3n) is 2.81. The molecule has 0 spiro atoms. The van der Waals surface area contributed by atoms with Gasteiger partial charge in [0, 0.05) is 6.42 Å². The largest absolute Gasteiger partial charge is 0.338 e. The van der Waals surface area contributed by atoms with Crippen LogP contribution in [0.2, 0.25) is 5.02 Å². The van der Waals surface area contributed by atoms with E-state index >= 15 is 0 Å². The molecule has 1 aromatic heterocycles. The van der Waals surface area contributed by atoms with E-state index < -0.39 is 10.0 Å². The van der Waals surface area contributed by atoms with Gasteiger partial charge in [-0.05, 0) is 19.2 Å². The summed E-state index contributed by atoms with van der Waals surface area (Å²) in [6.07, 6.45) is 2.15. The number of sulfonamides is 1. The highest BCUT2D eigenvalue weighted by Gasteiger charge is 2.17. The number of hydrogen-bond donors (Lipinski definition) is 2. The lowest BCUT2D eigenvalue weighted by molar-refractivity contribution is 0.588. The van der Waals surface area contributed by atoms with Gasteiger partial charge in [0.05, 0.1) is 11.9 Å². The minimum absolute atomic E-state index is 0.125. The van der Waals surface area contributed by atoms with Crippen LogP contribution in [-0.2, 0) is 16.4 Å². The number of halogens is 1. The molecular weight excluding hydrogens is 312 g/mol. The van der Waals surface area contributed by atoms with Gasteiger partial charge in [-0.2, -0.15) is 0 Å². The van der Waals surface area contributed by atoms with Gasteiger partial charge in [-0.15, -0.1) is 0 Å². The molecule has 2 N–H and O–H groups in total. The second-order valence-electron chi connectivity index (χ2n) is 4.17. The molecule has 0 saturated heterocycles. The van der Waals surface area contributed by atoms with Crippen LogP contribution in [0.4, 0.5) is 11.5 Å². The lowest BCUT2D eigenvalue weighted by Crippen LogP contribution is -2.19. The van der Waals surface area contributed by atoms with Crippen LogP contribution < -0.4 is 10.0 Å². The number of hydrogen-bond acceptors (Lipinski definition) is 5. The van der Waals surface area contributed by atoms with Crippen molar-refractivity contribution >= 4 is 33.1 Å². The molecule has 6 nitrogen and oxygen atoms in total. The fourth-order valence-corrected chi connectivity index (χ4v) is 2.73. The number of aryl methyl sites for hydroxylation is 1. The second kappa shape index (κ2) is 6.38. The number of nitrogens with zero attached hydrogens (tertiary/aromatic N) is 2. The van der Waals surface area contributed by atoms with Crippen molar-refractivity contribution in [2.24, 2.45) is 0 Å². The van der Waals surface area contributed by atoms with Crippen molar-refractivity contribution in [1.29, 1.82) is 0 Å². The Balaban J connectivity index is 2.46. The number of anilines is 2. The van der Waals surface area contributed by atoms with Crippen molar-refractivity contribution in [2.75, 3.05) is 12.4 Å². The molecule has 0 atom stereocenters. The monoisotopic (exact) mass is 326 g/mol. The zero-order valence-corrected chi connectivity index (χ0v) is 13.2. The van der Waals surface area contributed by atoms with Crippen LogP contribution in [-0.4, -0.2) is 25.4 Å². The Bertz CT molecular complexity index is 750. The molecule has 0 bridgehead atoms. The SMILES string of the molecule is CCc1ncc(Cl)c(Nc2ccccc2S(=O)(=O)NC)n1. The molecule has 0 saturated carbocycles. The summed E-state index contributed by atoms with van der Waals surface area (Å²) in [6.45, 7) is 1.92. The molecule has 0 aliphatic carbocycles. The van der Waals surface area contributed by atoms with E-state index in [1.54, 1.807) is 18.2 Å². The molecule has 0 aliphatic heterocycles. The highest BCUT2D eigenvalue weighted by atomic mass is 35.5. The standard InChI is InChI=1S/C13H15ClN4O2S/c1-3-12-16-8-9(14)13(18-12)17-10-6-4-5-7-11(10)21(19,20)15-2/h4-8,15H,3H2,1-2H3,(H,16,17,18). The average Bonchev–Trinajstić information content (AvgIpc) is 2.50. The van der Waals surface area contributed by atoms with E-state index in [4.69, 9.17) is 11.6 Å². The maximum Gasteiger partial charge on any atom is 0.242 e. The van der Waals surface area contributed by atoms with Crippen LogP contribution in [0.3, 0.4) is 0 Å². The van der Waals surface area contributed by atoms with Crippen molar-refractivity contribution in [3.05, 3.63) is 41.3 Å². The summed E-state index contributed by atoms with van der Waals surface area (Å²) < 4.78 is 26.3. The molecule has 1 heterocycles. The normalized spacial score (nSPS) is 11.4. The molecule has 8 heteroatoms. The Morgan fingerprint density at radius 1 is 1.29 bits per heavy atom. The Morgan fingerprint density at radius 3 is 2.67 bits per heavy atom. The molecule has 2 rings (SSSR count). The first-order chi connectivity index (χ1) is 9.97. The van der Waals surface area contributed by atoms with Gasteiger partial charge >= 0.3 is 0 Å². The van der Waals surface area contributed by atoms with Crippen LogP contribution in [0, 0.1) is 0 Å². The molecule has 112 valence electrons. The van der Waals surface area contributed by atoms with Crippen LogP contribution in [0.15, 0.2) is 35.4 Å². The van der Waals surface area contributed by atoms with Crippen LogP contribution in [0.25, 0.3) is 0 Å². The first-order valence-corrected chi connectivity index (χ1v) is 8.15. The summed E-state index contributed by atoms with van der Waals surface area (Å²) in [5.41, 5.74) is 0.398. The first kappa shape index (κ1) is 15.7. The summed E-state index contributed by atoms with van der Waals surface area (Å²) in [4.78, 5) is 8.46. The van der Waals surface area contributed by atoms with Crippen molar-refractivity contribution in [3.8, 4) is 0 Å². The van der Waals surface area contributed by atoms with Gasteiger partial charge < -0.3 is 5.32 Å². The van der Waals surface area contributed by atoms with E-state index in [1.165, 1.54) is 19.3 Å². The third-order valence-corrected chi connectivity index (χ3v) is 4.56. The highest BCUT2D eigenvalue weighted by molar-refractivity contribution is 7.89. The van der Waals surface area contributed by atoms with E-state index in [0.717, 1.165) is 0 Å². The van der Waals surface area contributed by atoms with Gasteiger partial charge in [-0.3, -0.25) is 0 Å². The average molecular weight is 327 g/mol. The van der Waals surface area contributed by atoms with Gasteiger partial charge in [0.25, 0.3) is 0 Å². The summed E-state index contributed by atoms with van der Waals surface area (Å²) in [7, 11) is -2.22. The molecule has 2 aromatic rings. The van der Waals surface area contributed by atoms with Crippen LogP contribution in [0.5, 0.6) is 0 Å². The van der Waals surface area contributed by atoms with Gasteiger partial charge in [-0.1, -0.05) is 30.7 Å². The van der Waals surface area contributed by atoms with E-state index in [1.807, 2.05) is 6.92 Å². The number of benzene rings is 1. The Labute approximate surface area is 128 Å². The minimum Gasteiger partial charge on any atom is -0.338 e. The zero-order chi connectivity index (χ0) is 15.5. The maximum atomic E-state index is 12.0. The molecule has 0 aliphatic rings. The number of rotatable bonds is 5. The Morgan fingerprint density at radius 2 is 2.00 bits per heavy atom. The van der Waals surface area contributed by atoms with Crippen molar-refractivity contribution in [1.82, 2.24) is 14.7 Å². The fourth-order valence-electron chi connectivity index (χ4n) is 1.70. The Kier molecular flexibility index (Phi) is 4.76. The van der Waals surface area contributed by atoms with Crippen LogP contribution >= 0.6 is 11.6 Å². The molecule has 0 fully saturated rings. The van der Waals surface area contributed by atoms with Gasteiger partial charge in [0.1, 0.15) is 15.7 Å². The first-order valence-electron chi connectivity index (χ1n) is 6.29. The summed E-state index contributed by atoms with van der Waals surface area (Å²) >= 11 is 6.05. The lowest BCUT2D eigenvalue weighted by atomic mass is 10.3. The molecule has 1 aromatic carbocycles. The summed E-state index contributed by atoms with van der Waals surface area (Å²) in [6, 6.07) is 6.53. The van der Waals surface area contributed by atoms with E-state index in [2.05, 4.69) is 20.0 Å². The van der Waals surface area contributed by atoms with Crippen molar-refractivity contribution < 1.29 is 8.42 Å². The Hall–Kier alpha value is -1.70. The predicted molar refractivity (Wildman–Crippen MR) is 82.4 cm³/mol. The van der Waals surface area contributed by atoms with Gasteiger partial charge in [0.15, 0.2) is 5.82 Å². The van der Waals surface area contributed by atoms with Crippen LogP contribution in [0.1, 0.15) is 12.7 Å². The summed E-state index contributed by atoms with van der Waals surface area (Å²) in [5, 5.41) is 3.28. The highest BCUT2D eigenvalue weighted by Crippen LogP contribution is 2.27. The number of nitrogens with one attached hydrogen (secondary N) is 2. The predicted octanol–water partition coefficient (Wildman–Crippen LogP) is 2.34. The molecule has 0 radical (unpaired) electrons. The molecular formula is C13H15ClN4O2S. The maximum absolute atomic E-state index is 12.0. The van der Waals surface area contributed by atoms with Gasteiger partial charge in [-0.25, -0.2) is 23.1 Å². The molecule has 21 heavy (non-hydrogen) atoms. The quantitative estimate of drug-likeness (QED) is 0.881. The minimum atomic E-state index is -3.58. The number of aromatic nitrogens is 2. The van der Waals surface area contributed by atoms with E-state index in [-0.39, 0.29) is 4.90 Å². The van der Waals surface area contributed by atoms with Crippen molar-refractivity contribution in [2.45, 2.75) is 18.2 Å². The number of para-hydroxylation sites is 1. The molecule has 0 amide bonds. The summed E-state index contributed by atoms with van der Waals surface area (Å²) in [5.74, 6) is 0.998. The topological polar surface area (TPSA) is 84.0 Å². The smallest absolute Gasteiger partial charge is 0.242 e. The lowest BCUT2D eigenvalue weighted by Gasteiger charge is -2.12. The van der Waals surface area contributed by atoms with Gasteiger partial charge in [0.2, 0.25) is 10.0 Å². The molecule has 0 unspecified atom stereocenters. The van der Waals surface area contributed by atoms with Crippen molar-refractivity contribution in [3.63, 3.8) is 0 Å². The third kappa shape index (κ3) is 3.49.